The molecule has 4 nitrogen and oxygen atoms in total. The molecule has 0 fully saturated rings. The molecule has 1 amide bonds. The lowest BCUT2D eigenvalue weighted by Gasteiger charge is -2.11. The number of carbonyl (C=O) groups excluding carboxylic acids is 1. The molecule has 0 aliphatic carbocycles. The molecule has 0 unspecified atom stereocenters. The van der Waals surface area contributed by atoms with Crippen molar-refractivity contribution in [1.29, 1.82) is 0 Å². The maximum atomic E-state index is 12.2. The molecule has 4 N–H and O–H groups in total. The number of aromatic hydroxyl groups is 1. The van der Waals surface area contributed by atoms with Gasteiger partial charge in [0.05, 0.1) is 21.4 Å². The van der Waals surface area contributed by atoms with Crippen molar-refractivity contribution in [2.75, 3.05) is 11.1 Å². The second-order valence-corrected chi connectivity index (χ2v) is 5.60. The van der Waals surface area contributed by atoms with Gasteiger partial charge in [-0.3, -0.25) is 4.79 Å². The fraction of sp³-hybridized carbons (Fsp3) is 0.133. The number of halogens is 2. The highest BCUT2D eigenvalue weighted by Gasteiger charge is 2.14. The highest BCUT2D eigenvalue weighted by atomic mass is 35.5. The summed E-state index contributed by atoms with van der Waals surface area (Å²) < 4.78 is 0. The van der Waals surface area contributed by atoms with Gasteiger partial charge < -0.3 is 16.2 Å². The number of nitrogens with two attached hydrogens (primary N) is 1. The van der Waals surface area contributed by atoms with E-state index in [2.05, 4.69) is 5.32 Å². The minimum Gasteiger partial charge on any atom is -0.505 e. The molecule has 0 spiro atoms. The van der Waals surface area contributed by atoms with E-state index in [1.54, 1.807) is 13.0 Å². The first-order chi connectivity index (χ1) is 9.79. The van der Waals surface area contributed by atoms with Crippen LogP contribution in [0.2, 0.25) is 10.0 Å². The maximum Gasteiger partial charge on any atom is 0.255 e. The van der Waals surface area contributed by atoms with Gasteiger partial charge in [0.15, 0.2) is 0 Å². The van der Waals surface area contributed by atoms with Crippen LogP contribution in [0.15, 0.2) is 24.3 Å². The number of anilines is 2. The number of aryl methyl sites for hydroxylation is 2. The molecule has 21 heavy (non-hydrogen) atoms. The van der Waals surface area contributed by atoms with E-state index >= 15 is 0 Å². The highest BCUT2D eigenvalue weighted by molar-refractivity contribution is 6.39. The van der Waals surface area contributed by atoms with Crippen molar-refractivity contribution in [2.24, 2.45) is 0 Å². The van der Waals surface area contributed by atoms with Crippen molar-refractivity contribution in [3.8, 4) is 5.75 Å². The van der Waals surface area contributed by atoms with Crippen LogP contribution in [0.4, 0.5) is 11.4 Å². The summed E-state index contributed by atoms with van der Waals surface area (Å²) in [5.41, 5.74) is 8.06. The average Bonchev–Trinajstić information content (AvgIpc) is 2.40. The SMILES string of the molecule is Cc1cc(C)c(O)c(NC(=O)c2cc(Cl)c(N)c(Cl)c2)c1. The van der Waals surface area contributed by atoms with Crippen molar-refractivity contribution < 1.29 is 9.90 Å². The van der Waals surface area contributed by atoms with Crippen molar-refractivity contribution in [3.05, 3.63) is 51.0 Å². The summed E-state index contributed by atoms with van der Waals surface area (Å²) in [6, 6.07) is 6.36. The molecule has 0 saturated carbocycles. The molecular weight excluding hydrogens is 311 g/mol. The zero-order valence-corrected chi connectivity index (χ0v) is 13.0. The number of hydrogen-bond donors (Lipinski definition) is 3. The van der Waals surface area contributed by atoms with Crippen molar-refractivity contribution >= 4 is 40.5 Å². The van der Waals surface area contributed by atoms with Crippen molar-refractivity contribution in [1.82, 2.24) is 0 Å². The number of phenols is 1. The predicted octanol–water partition coefficient (Wildman–Crippen LogP) is 4.15. The van der Waals surface area contributed by atoms with Gasteiger partial charge in [-0.05, 0) is 43.2 Å². The van der Waals surface area contributed by atoms with E-state index < -0.39 is 5.91 Å². The zero-order valence-electron chi connectivity index (χ0n) is 11.5. The fourth-order valence-corrected chi connectivity index (χ4v) is 2.45. The number of rotatable bonds is 2. The Morgan fingerprint density at radius 3 is 2.29 bits per heavy atom. The smallest absolute Gasteiger partial charge is 0.255 e. The molecular formula is C15H14Cl2N2O2. The number of hydrogen-bond acceptors (Lipinski definition) is 3. The summed E-state index contributed by atoms with van der Waals surface area (Å²) in [6.07, 6.45) is 0. The van der Waals surface area contributed by atoms with Gasteiger partial charge in [0.1, 0.15) is 5.75 Å². The molecule has 2 aromatic carbocycles. The van der Waals surface area contributed by atoms with E-state index in [1.165, 1.54) is 12.1 Å². The molecule has 0 aliphatic rings. The van der Waals surface area contributed by atoms with Gasteiger partial charge in [0, 0.05) is 5.56 Å². The van der Waals surface area contributed by atoms with Gasteiger partial charge in [-0.15, -0.1) is 0 Å². The largest absolute Gasteiger partial charge is 0.505 e. The molecule has 2 aromatic rings. The van der Waals surface area contributed by atoms with Gasteiger partial charge >= 0.3 is 0 Å². The summed E-state index contributed by atoms with van der Waals surface area (Å²) in [5, 5.41) is 13.0. The molecule has 0 atom stereocenters. The lowest BCUT2D eigenvalue weighted by atomic mass is 10.1. The van der Waals surface area contributed by atoms with E-state index in [-0.39, 0.29) is 27.0 Å². The van der Waals surface area contributed by atoms with Crippen LogP contribution in [0.1, 0.15) is 21.5 Å². The van der Waals surface area contributed by atoms with Crippen molar-refractivity contribution in [2.45, 2.75) is 13.8 Å². The summed E-state index contributed by atoms with van der Waals surface area (Å²) >= 11 is 11.8. The Kier molecular flexibility index (Phi) is 4.30. The van der Waals surface area contributed by atoms with Crippen LogP contribution in [0.5, 0.6) is 5.75 Å². The van der Waals surface area contributed by atoms with Crippen LogP contribution in [0.3, 0.4) is 0 Å². The van der Waals surface area contributed by atoms with Gasteiger partial charge in [-0.2, -0.15) is 0 Å². The van der Waals surface area contributed by atoms with Crippen LogP contribution in [-0.4, -0.2) is 11.0 Å². The third kappa shape index (κ3) is 3.23. The lowest BCUT2D eigenvalue weighted by molar-refractivity contribution is 0.102. The second kappa shape index (κ2) is 5.84. The summed E-state index contributed by atoms with van der Waals surface area (Å²) in [5.74, 6) is -0.402. The predicted molar refractivity (Wildman–Crippen MR) is 86.4 cm³/mol. The van der Waals surface area contributed by atoms with Crippen LogP contribution >= 0.6 is 23.2 Å². The third-order valence-electron chi connectivity index (χ3n) is 3.03. The lowest BCUT2D eigenvalue weighted by Crippen LogP contribution is -2.12. The molecule has 2 rings (SSSR count). The van der Waals surface area contributed by atoms with E-state index in [4.69, 9.17) is 28.9 Å². The van der Waals surface area contributed by atoms with Crippen molar-refractivity contribution in [3.63, 3.8) is 0 Å². The minimum atomic E-state index is -0.431. The van der Waals surface area contributed by atoms with E-state index in [9.17, 15) is 9.90 Å². The molecule has 0 radical (unpaired) electrons. The molecule has 0 saturated heterocycles. The summed E-state index contributed by atoms with van der Waals surface area (Å²) in [6.45, 7) is 3.63. The molecule has 6 heteroatoms. The Bertz CT molecular complexity index is 707. The molecule has 110 valence electrons. The first kappa shape index (κ1) is 15.5. The van der Waals surface area contributed by atoms with E-state index in [1.807, 2.05) is 13.0 Å². The van der Waals surface area contributed by atoms with Gasteiger partial charge in [0.25, 0.3) is 5.91 Å². The number of nitrogen functional groups attached to an aromatic ring is 1. The Hall–Kier alpha value is -1.91. The van der Waals surface area contributed by atoms with Crippen LogP contribution in [0, 0.1) is 13.8 Å². The van der Waals surface area contributed by atoms with Gasteiger partial charge in [-0.1, -0.05) is 29.3 Å². The topological polar surface area (TPSA) is 75.3 Å². The number of benzene rings is 2. The molecule has 0 aromatic heterocycles. The Balaban J connectivity index is 2.35. The van der Waals surface area contributed by atoms with Crippen LogP contribution < -0.4 is 11.1 Å². The normalized spacial score (nSPS) is 10.5. The fourth-order valence-electron chi connectivity index (χ4n) is 1.97. The average molecular weight is 325 g/mol. The van der Waals surface area contributed by atoms with Gasteiger partial charge in [0.2, 0.25) is 0 Å². The van der Waals surface area contributed by atoms with E-state index in [0.717, 1.165) is 5.56 Å². The second-order valence-electron chi connectivity index (χ2n) is 4.79. The monoisotopic (exact) mass is 324 g/mol. The number of carbonyl (C=O) groups is 1. The minimum absolute atomic E-state index is 0.0292. The Morgan fingerprint density at radius 1 is 1.14 bits per heavy atom. The quantitative estimate of drug-likeness (QED) is 0.573. The van der Waals surface area contributed by atoms with Gasteiger partial charge in [-0.25, -0.2) is 0 Å². The molecule has 0 bridgehead atoms. The zero-order chi connectivity index (χ0) is 15.7. The Labute approximate surface area is 132 Å². The number of nitrogens with one attached hydrogen (secondary N) is 1. The van der Waals surface area contributed by atoms with E-state index in [0.29, 0.717) is 11.3 Å². The number of phenolic OH excluding ortho intramolecular Hbond substituents is 1. The summed E-state index contributed by atoms with van der Waals surface area (Å²) in [7, 11) is 0. The number of amides is 1. The van der Waals surface area contributed by atoms with Crippen LogP contribution in [-0.2, 0) is 0 Å². The Morgan fingerprint density at radius 2 is 1.71 bits per heavy atom. The third-order valence-corrected chi connectivity index (χ3v) is 3.66. The summed E-state index contributed by atoms with van der Waals surface area (Å²) in [4.78, 5) is 12.2. The first-order valence-electron chi connectivity index (χ1n) is 6.15. The highest BCUT2D eigenvalue weighted by Crippen LogP contribution is 2.31. The molecule has 0 aliphatic heterocycles. The maximum absolute atomic E-state index is 12.2. The molecule has 0 heterocycles. The van der Waals surface area contributed by atoms with Crippen LogP contribution in [0.25, 0.3) is 0 Å². The standard InChI is InChI=1S/C15H14Cl2N2O2/c1-7-3-8(2)14(20)12(4-7)19-15(21)9-5-10(16)13(18)11(17)6-9/h3-6,20H,18H2,1-2H3,(H,19,21). The first-order valence-corrected chi connectivity index (χ1v) is 6.91.